The summed E-state index contributed by atoms with van der Waals surface area (Å²) in [4.78, 5) is 32.8. The van der Waals surface area contributed by atoms with Crippen molar-refractivity contribution < 1.29 is 19.8 Å². The van der Waals surface area contributed by atoms with Crippen LogP contribution in [0.25, 0.3) is 10.2 Å². The smallest absolute Gasteiger partial charge is 0.296 e. The lowest BCUT2D eigenvalue weighted by molar-refractivity contribution is -0.117. The predicted octanol–water partition coefficient (Wildman–Crippen LogP) is 5.15. The molecule has 1 amide bonds. The van der Waals surface area contributed by atoms with Crippen LogP contribution in [0.2, 0.25) is 0 Å². The molecule has 2 aromatic carbocycles. The van der Waals surface area contributed by atoms with Crippen molar-refractivity contribution in [2.75, 3.05) is 4.90 Å². The van der Waals surface area contributed by atoms with Crippen molar-refractivity contribution >= 4 is 49.7 Å². The van der Waals surface area contributed by atoms with Crippen LogP contribution in [0.4, 0.5) is 5.13 Å². The van der Waals surface area contributed by atoms with Gasteiger partial charge in [-0.25, -0.2) is 4.98 Å². The van der Waals surface area contributed by atoms with E-state index in [1.54, 1.807) is 29.6 Å². The first-order chi connectivity index (χ1) is 14.9. The Bertz CT molecular complexity index is 1350. The van der Waals surface area contributed by atoms with Gasteiger partial charge in [0.2, 0.25) is 5.78 Å². The van der Waals surface area contributed by atoms with Crippen molar-refractivity contribution in [3.63, 3.8) is 0 Å². The van der Waals surface area contributed by atoms with E-state index >= 15 is 0 Å². The molecule has 5 rings (SSSR count). The molecule has 2 aromatic heterocycles. The summed E-state index contributed by atoms with van der Waals surface area (Å²) in [6, 6.07) is 14.6. The van der Waals surface area contributed by atoms with Crippen LogP contribution in [0.1, 0.15) is 26.8 Å². The van der Waals surface area contributed by atoms with Crippen molar-refractivity contribution in [2.24, 2.45) is 0 Å². The summed E-state index contributed by atoms with van der Waals surface area (Å²) in [5, 5.41) is 22.6. The number of hydrogen-bond acceptors (Lipinski definition) is 7. The van der Waals surface area contributed by atoms with Crippen LogP contribution in [0.5, 0.6) is 5.75 Å². The zero-order valence-electron chi connectivity index (χ0n) is 16.3. The first-order valence-corrected chi connectivity index (χ1v) is 11.1. The highest BCUT2D eigenvalue weighted by molar-refractivity contribution is 7.22. The number of carbonyl (C=O) groups is 2. The second kappa shape index (κ2) is 7.33. The molecule has 31 heavy (non-hydrogen) atoms. The molecule has 0 bridgehead atoms. The number of aromatic hydroxyl groups is 1. The molecule has 4 aromatic rings. The second-order valence-corrected chi connectivity index (χ2v) is 9.16. The number of amides is 1. The fourth-order valence-electron chi connectivity index (χ4n) is 3.67. The van der Waals surface area contributed by atoms with E-state index in [0.717, 1.165) is 15.8 Å². The number of fused-ring (bicyclic) bond motifs is 1. The first-order valence-electron chi connectivity index (χ1n) is 9.45. The summed E-state index contributed by atoms with van der Waals surface area (Å²) in [5.41, 5.74) is 2.40. The summed E-state index contributed by atoms with van der Waals surface area (Å²) >= 11 is 2.57. The number of aliphatic hydroxyl groups is 1. The lowest BCUT2D eigenvalue weighted by Crippen LogP contribution is -2.30. The number of Topliss-reactive ketones (excluding diaryl/α,β-unsaturated/α-hetero) is 1. The second-order valence-electron chi connectivity index (χ2n) is 7.21. The summed E-state index contributed by atoms with van der Waals surface area (Å²) in [7, 11) is 0. The molecule has 1 aliphatic heterocycles. The Hall–Kier alpha value is -3.49. The summed E-state index contributed by atoms with van der Waals surface area (Å²) < 4.78 is 0.907. The van der Waals surface area contributed by atoms with E-state index in [0.29, 0.717) is 15.6 Å². The molecular formula is C23H16N2O4S2. The number of thiazole rings is 1. The summed E-state index contributed by atoms with van der Waals surface area (Å²) in [6.45, 7) is 1.98. The maximum Gasteiger partial charge on any atom is 0.296 e. The minimum Gasteiger partial charge on any atom is -0.508 e. The standard InChI is InChI=1S/C23H16N2O4S2/c1-12-4-9-15-17(11-12)31-23(24-15)25-19(13-5-7-14(26)8-6-13)18(21(28)22(25)29)20(27)16-3-2-10-30-16/h2-11,19,26,28H,1H3. The number of phenolic OH excluding ortho intramolecular Hbond substituents is 1. The molecule has 0 radical (unpaired) electrons. The van der Waals surface area contributed by atoms with Crippen LogP contribution in [-0.4, -0.2) is 26.9 Å². The van der Waals surface area contributed by atoms with E-state index in [4.69, 9.17) is 0 Å². The predicted molar refractivity (Wildman–Crippen MR) is 121 cm³/mol. The molecule has 1 atom stereocenters. The number of anilines is 1. The third-order valence-corrected chi connectivity index (χ3v) is 7.03. The number of aryl methyl sites for hydroxylation is 1. The van der Waals surface area contributed by atoms with Gasteiger partial charge in [-0.1, -0.05) is 35.6 Å². The average molecular weight is 449 g/mol. The molecule has 0 aliphatic carbocycles. The van der Waals surface area contributed by atoms with E-state index < -0.39 is 23.5 Å². The van der Waals surface area contributed by atoms with Crippen LogP contribution < -0.4 is 4.90 Å². The normalized spacial score (nSPS) is 16.5. The van der Waals surface area contributed by atoms with Crippen LogP contribution in [0.3, 0.4) is 0 Å². The average Bonchev–Trinajstić information content (AvgIpc) is 3.47. The zero-order chi connectivity index (χ0) is 21.7. The molecule has 3 heterocycles. The molecule has 0 saturated carbocycles. The number of ketones is 1. The molecule has 0 saturated heterocycles. The number of thiophene rings is 1. The maximum absolute atomic E-state index is 13.3. The van der Waals surface area contributed by atoms with Gasteiger partial charge in [-0.2, -0.15) is 0 Å². The Labute approximate surface area is 185 Å². The first kappa shape index (κ1) is 19.5. The van der Waals surface area contributed by atoms with Gasteiger partial charge in [-0.05, 0) is 53.8 Å². The van der Waals surface area contributed by atoms with Gasteiger partial charge in [0.05, 0.1) is 26.7 Å². The molecule has 0 fully saturated rings. The zero-order valence-corrected chi connectivity index (χ0v) is 17.9. The lowest BCUT2D eigenvalue weighted by Gasteiger charge is -2.24. The molecule has 154 valence electrons. The SMILES string of the molecule is Cc1ccc2nc(N3C(=O)C(O)=C(C(=O)c4cccs4)C3c3ccc(O)cc3)sc2c1. The van der Waals surface area contributed by atoms with Crippen LogP contribution in [0.15, 0.2) is 71.3 Å². The Balaban J connectivity index is 1.68. The monoisotopic (exact) mass is 448 g/mol. The molecular weight excluding hydrogens is 432 g/mol. The third kappa shape index (κ3) is 3.20. The highest BCUT2D eigenvalue weighted by Crippen LogP contribution is 2.44. The van der Waals surface area contributed by atoms with Gasteiger partial charge in [0.15, 0.2) is 10.9 Å². The highest BCUT2D eigenvalue weighted by Gasteiger charge is 2.46. The van der Waals surface area contributed by atoms with Crippen LogP contribution in [-0.2, 0) is 4.79 Å². The minimum absolute atomic E-state index is 0.00794. The van der Waals surface area contributed by atoms with Gasteiger partial charge in [0, 0.05) is 0 Å². The maximum atomic E-state index is 13.3. The Morgan fingerprint density at radius 3 is 2.58 bits per heavy atom. The molecule has 2 N–H and O–H groups in total. The van der Waals surface area contributed by atoms with E-state index in [2.05, 4.69) is 4.98 Å². The Morgan fingerprint density at radius 1 is 1.10 bits per heavy atom. The van der Waals surface area contributed by atoms with Gasteiger partial charge in [0.1, 0.15) is 5.75 Å². The highest BCUT2D eigenvalue weighted by atomic mass is 32.1. The van der Waals surface area contributed by atoms with Crippen molar-refractivity contribution in [1.82, 2.24) is 4.98 Å². The Kier molecular flexibility index (Phi) is 4.60. The van der Waals surface area contributed by atoms with Gasteiger partial charge in [-0.3, -0.25) is 14.5 Å². The van der Waals surface area contributed by atoms with Crippen molar-refractivity contribution in [3.8, 4) is 5.75 Å². The largest absolute Gasteiger partial charge is 0.508 e. The van der Waals surface area contributed by atoms with Crippen molar-refractivity contribution in [3.05, 3.63) is 87.3 Å². The number of phenols is 1. The minimum atomic E-state index is -0.857. The molecule has 0 spiro atoms. The molecule has 1 unspecified atom stereocenters. The van der Waals surface area contributed by atoms with E-state index in [1.807, 2.05) is 25.1 Å². The molecule has 6 nitrogen and oxygen atoms in total. The number of aromatic nitrogens is 1. The fraction of sp³-hybridized carbons (Fsp3) is 0.0870. The van der Waals surface area contributed by atoms with E-state index in [1.165, 1.54) is 39.7 Å². The lowest BCUT2D eigenvalue weighted by atomic mass is 9.95. The molecule has 8 heteroatoms. The quantitative estimate of drug-likeness (QED) is 0.421. The number of aliphatic hydroxyl groups excluding tert-OH is 1. The number of benzene rings is 2. The van der Waals surface area contributed by atoms with Crippen molar-refractivity contribution in [2.45, 2.75) is 13.0 Å². The van der Waals surface area contributed by atoms with Gasteiger partial charge in [0.25, 0.3) is 5.91 Å². The van der Waals surface area contributed by atoms with E-state index in [9.17, 15) is 19.8 Å². The number of nitrogens with zero attached hydrogens (tertiary/aromatic N) is 2. The van der Waals surface area contributed by atoms with Crippen LogP contribution >= 0.6 is 22.7 Å². The van der Waals surface area contributed by atoms with Gasteiger partial charge in [-0.15, -0.1) is 11.3 Å². The summed E-state index contributed by atoms with van der Waals surface area (Å²) in [5.74, 6) is -1.59. The Morgan fingerprint density at radius 2 is 1.87 bits per heavy atom. The fourth-order valence-corrected chi connectivity index (χ4v) is 5.44. The number of rotatable bonds is 4. The van der Waals surface area contributed by atoms with Gasteiger partial charge < -0.3 is 10.2 Å². The number of carbonyl (C=O) groups excluding carboxylic acids is 2. The summed E-state index contributed by atoms with van der Waals surface area (Å²) in [6.07, 6.45) is 0. The topological polar surface area (TPSA) is 90.7 Å². The molecule has 1 aliphatic rings. The van der Waals surface area contributed by atoms with E-state index in [-0.39, 0.29) is 11.3 Å². The number of hydrogen-bond donors (Lipinski definition) is 2. The van der Waals surface area contributed by atoms with Crippen LogP contribution in [0, 0.1) is 6.92 Å². The van der Waals surface area contributed by atoms with Crippen molar-refractivity contribution in [1.29, 1.82) is 0 Å². The van der Waals surface area contributed by atoms with Gasteiger partial charge >= 0.3 is 0 Å². The third-order valence-electron chi connectivity index (χ3n) is 5.15.